The third kappa shape index (κ3) is 4.94. The number of nitro benzene ring substituents is 1. The molecule has 0 aliphatic carbocycles. The van der Waals surface area contributed by atoms with E-state index in [4.69, 9.17) is 5.11 Å². The van der Waals surface area contributed by atoms with Crippen LogP contribution in [0, 0.1) is 10.1 Å². The molecule has 0 spiro atoms. The van der Waals surface area contributed by atoms with Crippen molar-refractivity contribution in [2.24, 2.45) is 0 Å². The molecule has 0 aliphatic rings. The van der Waals surface area contributed by atoms with Gasteiger partial charge in [-0.15, -0.1) is 0 Å². The Morgan fingerprint density at radius 3 is 2.40 bits per heavy atom. The maximum absolute atomic E-state index is 11.6. The van der Waals surface area contributed by atoms with Crippen LogP contribution in [0.1, 0.15) is 12.5 Å². The van der Waals surface area contributed by atoms with E-state index in [2.05, 4.69) is 0 Å². The van der Waals surface area contributed by atoms with Crippen LogP contribution in [-0.2, 0) is 21.2 Å². The number of hydrogen-bond acceptors (Lipinski definition) is 5. The first kappa shape index (κ1) is 16.1. The topological polar surface area (TPSA) is 127 Å². The molecule has 0 amide bonds. The summed E-state index contributed by atoms with van der Waals surface area (Å²) in [6.45, 7) is 1.23. The minimum Gasteiger partial charge on any atom is -0.480 e. The van der Waals surface area contributed by atoms with Gasteiger partial charge in [-0.3, -0.25) is 14.9 Å². The number of carbonyl (C=O) groups is 1. The predicted molar refractivity (Wildman–Crippen MR) is 70.8 cm³/mol. The first-order valence-corrected chi connectivity index (χ1v) is 7.32. The van der Waals surface area contributed by atoms with Crippen molar-refractivity contribution in [3.05, 3.63) is 39.9 Å². The van der Waals surface area contributed by atoms with Gasteiger partial charge in [0.05, 0.1) is 10.7 Å². The molecule has 1 rings (SSSR count). The van der Waals surface area contributed by atoms with E-state index in [1.807, 2.05) is 4.72 Å². The predicted octanol–water partition coefficient (Wildman–Crippen LogP) is 0.530. The summed E-state index contributed by atoms with van der Waals surface area (Å²) in [5.74, 6) is -1.55. The van der Waals surface area contributed by atoms with E-state index in [0.29, 0.717) is 5.56 Å². The Kier molecular flexibility index (Phi) is 5.17. The number of aliphatic carboxylic acids is 1. The average molecular weight is 302 g/mol. The highest BCUT2D eigenvalue weighted by Gasteiger charge is 2.19. The molecule has 0 unspecified atom stereocenters. The Balaban J connectivity index is 2.62. The van der Waals surface area contributed by atoms with Crippen molar-refractivity contribution < 1.29 is 23.2 Å². The van der Waals surface area contributed by atoms with Gasteiger partial charge in [0.25, 0.3) is 5.69 Å². The minimum absolute atomic E-state index is 0.0748. The molecule has 2 N–H and O–H groups in total. The highest BCUT2D eigenvalue weighted by Crippen LogP contribution is 2.12. The van der Waals surface area contributed by atoms with Crippen molar-refractivity contribution in [3.63, 3.8) is 0 Å². The van der Waals surface area contributed by atoms with E-state index in [-0.39, 0.29) is 17.9 Å². The molecule has 0 heterocycles. The number of nitro groups is 1. The van der Waals surface area contributed by atoms with Crippen LogP contribution in [0.5, 0.6) is 0 Å². The van der Waals surface area contributed by atoms with Crippen LogP contribution in [0.2, 0.25) is 0 Å². The van der Waals surface area contributed by atoms with Crippen LogP contribution in [0.4, 0.5) is 5.69 Å². The lowest BCUT2D eigenvalue weighted by Gasteiger charge is -2.09. The highest BCUT2D eigenvalue weighted by molar-refractivity contribution is 7.89. The zero-order valence-electron chi connectivity index (χ0n) is 10.6. The van der Waals surface area contributed by atoms with Crippen LogP contribution >= 0.6 is 0 Å². The number of carboxylic acids is 1. The molecule has 0 aliphatic heterocycles. The Morgan fingerprint density at radius 2 is 1.95 bits per heavy atom. The first-order valence-electron chi connectivity index (χ1n) is 5.67. The van der Waals surface area contributed by atoms with Crippen LogP contribution in [-0.4, -0.2) is 36.2 Å². The zero-order valence-corrected chi connectivity index (χ0v) is 11.5. The highest BCUT2D eigenvalue weighted by atomic mass is 32.2. The van der Waals surface area contributed by atoms with Gasteiger partial charge in [0, 0.05) is 12.1 Å². The molecule has 1 atom stereocenters. The summed E-state index contributed by atoms with van der Waals surface area (Å²) in [7, 11) is -3.72. The normalized spacial score (nSPS) is 12.8. The third-order valence-corrected chi connectivity index (χ3v) is 3.99. The molecule has 0 saturated heterocycles. The molecule has 0 aromatic heterocycles. The zero-order chi connectivity index (χ0) is 15.3. The molecule has 0 saturated carbocycles. The van der Waals surface area contributed by atoms with Gasteiger partial charge in [0.2, 0.25) is 10.0 Å². The Bertz CT molecular complexity index is 596. The van der Waals surface area contributed by atoms with Gasteiger partial charge in [-0.1, -0.05) is 12.1 Å². The molecule has 0 fully saturated rings. The summed E-state index contributed by atoms with van der Waals surface area (Å²) in [6, 6.07) is 4.31. The van der Waals surface area contributed by atoms with Gasteiger partial charge < -0.3 is 5.11 Å². The molecule has 20 heavy (non-hydrogen) atoms. The van der Waals surface area contributed by atoms with Crippen LogP contribution < -0.4 is 4.72 Å². The number of nitrogens with zero attached hydrogens (tertiary/aromatic N) is 1. The lowest BCUT2D eigenvalue weighted by molar-refractivity contribution is -0.384. The van der Waals surface area contributed by atoms with Crippen molar-refractivity contribution in [1.82, 2.24) is 4.72 Å². The van der Waals surface area contributed by atoms with Gasteiger partial charge >= 0.3 is 5.97 Å². The number of hydrogen-bond donors (Lipinski definition) is 2. The minimum atomic E-state index is -3.72. The SMILES string of the molecule is C[C@@H](NS(=O)(=O)CCc1ccc([N+](=O)[O-])cc1)C(=O)O. The van der Waals surface area contributed by atoms with Crippen LogP contribution in [0.3, 0.4) is 0 Å². The smallest absolute Gasteiger partial charge is 0.321 e. The van der Waals surface area contributed by atoms with Gasteiger partial charge in [-0.05, 0) is 18.9 Å². The number of non-ortho nitro benzene ring substituents is 1. The number of sulfonamides is 1. The average Bonchev–Trinajstić information content (AvgIpc) is 2.36. The molecular weight excluding hydrogens is 288 g/mol. The lowest BCUT2D eigenvalue weighted by Crippen LogP contribution is -2.39. The number of aryl methyl sites for hydroxylation is 1. The fourth-order valence-corrected chi connectivity index (χ4v) is 2.68. The third-order valence-electron chi connectivity index (χ3n) is 2.53. The van der Waals surface area contributed by atoms with E-state index in [1.54, 1.807) is 0 Å². The maximum atomic E-state index is 11.6. The molecule has 1 aromatic carbocycles. The first-order chi connectivity index (χ1) is 9.21. The standard InChI is InChI=1S/C11H14N2O6S/c1-8(11(14)15)12-20(18,19)7-6-9-2-4-10(5-3-9)13(16)17/h2-5,8,12H,6-7H2,1H3,(H,14,15)/t8-/m1/s1. The molecule has 8 nitrogen and oxygen atoms in total. The number of carboxylic acid groups (broad SMARTS) is 1. The summed E-state index contributed by atoms with van der Waals surface area (Å²) in [5, 5.41) is 19.1. The van der Waals surface area contributed by atoms with E-state index in [0.717, 1.165) is 0 Å². The second kappa shape index (κ2) is 6.44. The largest absolute Gasteiger partial charge is 0.480 e. The Morgan fingerprint density at radius 1 is 1.40 bits per heavy atom. The second-order valence-corrected chi connectivity index (χ2v) is 6.04. The summed E-state index contributed by atoms with van der Waals surface area (Å²) in [4.78, 5) is 20.5. The molecule has 9 heteroatoms. The fourth-order valence-electron chi connectivity index (χ4n) is 1.42. The van der Waals surface area contributed by atoms with E-state index >= 15 is 0 Å². The van der Waals surface area contributed by atoms with Crippen molar-refractivity contribution in [1.29, 1.82) is 0 Å². The number of benzene rings is 1. The second-order valence-electron chi connectivity index (χ2n) is 4.17. The van der Waals surface area contributed by atoms with Gasteiger partial charge in [-0.2, -0.15) is 0 Å². The van der Waals surface area contributed by atoms with Crippen LogP contribution in [0.25, 0.3) is 0 Å². The number of rotatable bonds is 7. The van der Waals surface area contributed by atoms with E-state index in [1.165, 1.54) is 31.2 Å². The molecular formula is C11H14N2O6S. The molecule has 110 valence electrons. The molecule has 1 aromatic rings. The Hall–Kier alpha value is -2.00. The van der Waals surface area contributed by atoms with Crippen molar-refractivity contribution in [2.45, 2.75) is 19.4 Å². The van der Waals surface area contributed by atoms with Crippen molar-refractivity contribution in [2.75, 3.05) is 5.75 Å². The van der Waals surface area contributed by atoms with E-state index in [9.17, 15) is 23.3 Å². The fraction of sp³-hybridized carbons (Fsp3) is 0.364. The molecule has 0 bridgehead atoms. The quantitative estimate of drug-likeness (QED) is 0.558. The summed E-state index contributed by atoms with van der Waals surface area (Å²) in [6.07, 6.45) is 0.139. The maximum Gasteiger partial charge on any atom is 0.321 e. The lowest BCUT2D eigenvalue weighted by atomic mass is 10.1. The van der Waals surface area contributed by atoms with Gasteiger partial charge in [-0.25, -0.2) is 13.1 Å². The number of nitrogens with one attached hydrogen (secondary N) is 1. The van der Waals surface area contributed by atoms with Crippen molar-refractivity contribution >= 4 is 21.7 Å². The monoisotopic (exact) mass is 302 g/mol. The summed E-state index contributed by atoms with van der Waals surface area (Å²) < 4.78 is 25.2. The molecule has 0 radical (unpaired) electrons. The summed E-state index contributed by atoms with van der Waals surface area (Å²) >= 11 is 0. The van der Waals surface area contributed by atoms with E-state index < -0.39 is 27.0 Å². The Labute approximate surface area is 115 Å². The van der Waals surface area contributed by atoms with Crippen LogP contribution in [0.15, 0.2) is 24.3 Å². The van der Waals surface area contributed by atoms with Crippen molar-refractivity contribution in [3.8, 4) is 0 Å². The van der Waals surface area contributed by atoms with Gasteiger partial charge in [0.1, 0.15) is 6.04 Å². The summed E-state index contributed by atoms with van der Waals surface area (Å²) in [5.41, 5.74) is 0.540. The van der Waals surface area contributed by atoms with Gasteiger partial charge in [0.15, 0.2) is 0 Å².